The first kappa shape index (κ1) is 14.4. The second-order valence-electron chi connectivity index (χ2n) is 4.15. The molecule has 0 saturated carbocycles. The number of aromatic nitrogens is 2. The van der Waals surface area contributed by atoms with Crippen molar-refractivity contribution in [2.45, 2.75) is 33.1 Å². The van der Waals surface area contributed by atoms with Crippen molar-refractivity contribution in [3.8, 4) is 0 Å². The molecule has 0 saturated heterocycles. The van der Waals surface area contributed by atoms with E-state index in [4.69, 9.17) is 5.11 Å². The Balaban J connectivity index is 2.70. The Morgan fingerprint density at radius 2 is 1.94 bits per heavy atom. The first-order valence-corrected chi connectivity index (χ1v) is 5.99. The zero-order chi connectivity index (χ0) is 13.5. The van der Waals surface area contributed by atoms with E-state index in [1.165, 1.54) is 0 Å². The van der Waals surface area contributed by atoms with E-state index >= 15 is 0 Å². The van der Waals surface area contributed by atoms with Crippen molar-refractivity contribution < 1.29 is 15.0 Å². The van der Waals surface area contributed by atoms with Crippen molar-refractivity contribution >= 4 is 11.8 Å². The predicted molar refractivity (Wildman–Crippen MR) is 67.9 cm³/mol. The van der Waals surface area contributed by atoms with Crippen LogP contribution in [0.4, 0.5) is 5.82 Å². The second-order valence-corrected chi connectivity index (χ2v) is 4.15. The summed E-state index contributed by atoms with van der Waals surface area (Å²) in [5.41, 5.74) is 1.44. The third-order valence-electron chi connectivity index (χ3n) is 2.80. The summed E-state index contributed by atoms with van der Waals surface area (Å²) < 4.78 is 0. The molecule has 0 radical (unpaired) electrons. The summed E-state index contributed by atoms with van der Waals surface area (Å²) >= 11 is 0. The van der Waals surface area contributed by atoms with E-state index in [9.17, 15) is 9.90 Å². The predicted octanol–water partition coefficient (Wildman–Crippen LogP) is 1.37. The van der Waals surface area contributed by atoms with Crippen LogP contribution in [-0.4, -0.2) is 39.5 Å². The van der Waals surface area contributed by atoms with Crippen molar-refractivity contribution in [2.24, 2.45) is 0 Å². The Hall–Kier alpha value is -1.69. The molecule has 18 heavy (non-hydrogen) atoms. The lowest BCUT2D eigenvalue weighted by atomic mass is 10.1. The average molecular weight is 253 g/mol. The second kappa shape index (κ2) is 6.90. The zero-order valence-electron chi connectivity index (χ0n) is 10.7. The summed E-state index contributed by atoms with van der Waals surface area (Å²) in [6.45, 7) is 4.27. The Morgan fingerprint density at radius 1 is 1.22 bits per heavy atom. The molecule has 0 atom stereocenters. The largest absolute Gasteiger partial charge is 0.478 e. The lowest BCUT2D eigenvalue weighted by Gasteiger charge is -2.10. The monoisotopic (exact) mass is 253 g/mol. The standard InChI is InChI=1S/C12H19N3O3/c1-8-9(2)14-15-11(10(8)12(17)18)13-6-4-3-5-7-16/h16H,3-7H2,1-2H3,(H,13,15)(H,17,18). The highest BCUT2D eigenvalue weighted by molar-refractivity contribution is 5.94. The molecule has 0 aliphatic heterocycles. The van der Waals surface area contributed by atoms with E-state index in [0.29, 0.717) is 23.6 Å². The Labute approximate surface area is 106 Å². The molecule has 0 spiro atoms. The van der Waals surface area contributed by atoms with Crippen LogP contribution in [0, 0.1) is 13.8 Å². The number of carbonyl (C=O) groups is 1. The molecule has 0 aromatic carbocycles. The van der Waals surface area contributed by atoms with Gasteiger partial charge in [-0.05, 0) is 38.7 Å². The topological polar surface area (TPSA) is 95.3 Å². The van der Waals surface area contributed by atoms with Gasteiger partial charge >= 0.3 is 5.97 Å². The van der Waals surface area contributed by atoms with Gasteiger partial charge in [0.05, 0.1) is 5.69 Å². The minimum absolute atomic E-state index is 0.184. The molecule has 0 amide bonds. The fourth-order valence-electron chi connectivity index (χ4n) is 1.61. The maximum Gasteiger partial charge on any atom is 0.339 e. The molecule has 3 N–H and O–H groups in total. The molecule has 1 rings (SSSR count). The summed E-state index contributed by atoms with van der Waals surface area (Å²) in [6, 6.07) is 0. The summed E-state index contributed by atoms with van der Waals surface area (Å²) in [6.07, 6.45) is 2.50. The van der Waals surface area contributed by atoms with Crippen LogP contribution < -0.4 is 5.32 Å². The van der Waals surface area contributed by atoms with Crippen LogP contribution in [0.5, 0.6) is 0 Å². The molecule has 0 unspecified atom stereocenters. The highest BCUT2D eigenvalue weighted by Crippen LogP contribution is 2.18. The molecule has 6 heteroatoms. The molecular formula is C12H19N3O3. The lowest BCUT2D eigenvalue weighted by molar-refractivity contribution is 0.0696. The maximum atomic E-state index is 11.2. The van der Waals surface area contributed by atoms with Crippen molar-refractivity contribution in [3.05, 3.63) is 16.8 Å². The van der Waals surface area contributed by atoms with Gasteiger partial charge in [0.2, 0.25) is 0 Å². The van der Waals surface area contributed by atoms with Crippen LogP contribution >= 0.6 is 0 Å². The van der Waals surface area contributed by atoms with Crippen molar-refractivity contribution in [1.82, 2.24) is 10.2 Å². The van der Waals surface area contributed by atoms with E-state index < -0.39 is 5.97 Å². The number of nitrogens with zero attached hydrogens (tertiary/aromatic N) is 2. The number of hydrogen-bond acceptors (Lipinski definition) is 5. The summed E-state index contributed by atoms with van der Waals surface area (Å²) in [4.78, 5) is 11.2. The molecule has 0 fully saturated rings. The first-order valence-electron chi connectivity index (χ1n) is 5.99. The third kappa shape index (κ3) is 3.66. The lowest BCUT2D eigenvalue weighted by Crippen LogP contribution is -2.13. The van der Waals surface area contributed by atoms with E-state index in [2.05, 4.69) is 15.5 Å². The fourth-order valence-corrected chi connectivity index (χ4v) is 1.61. The Kier molecular flexibility index (Phi) is 5.51. The summed E-state index contributed by atoms with van der Waals surface area (Å²) in [7, 11) is 0. The van der Waals surface area contributed by atoms with Gasteiger partial charge in [0.15, 0.2) is 5.82 Å². The fraction of sp³-hybridized carbons (Fsp3) is 0.583. The quantitative estimate of drug-likeness (QED) is 0.635. The van der Waals surface area contributed by atoms with Crippen LogP contribution in [0.25, 0.3) is 0 Å². The Morgan fingerprint density at radius 3 is 2.56 bits per heavy atom. The van der Waals surface area contributed by atoms with Gasteiger partial charge in [0, 0.05) is 13.2 Å². The number of aliphatic hydroxyl groups excluding tert-OH is 1. The molecule has 1 heterocycles. The number of anilines is 1. The maximum absolute atomic E-state index is 11.2. The molecule has 100 valence electrons. The SMILES string of the molecule is Cc1nnc(NCCCCCO)c(C(=O)O)c1C. The van der Waals surface area contributed by atoms with E-state index in [0.717, 1.165) is 19.3 Å². The van der Waals surface area contributed by atoms with Crippen LogP contribution in [0.2, 0.25) is 0 Å². The number of hydrogen-bond donors (Lipinski definition) is 3. The third-order valence-corrected chi connectivity index (χ3v) is 2.80. The number of aromatic carboxylic acids is 1. The number of nitrogens with one attached hydrogen (secondary N) is 1. The number of rotatable bonds is 7. The van der Waals surface area contributed by atoms with E-state index in [1.54, 1.807) is 13.8 Å². The van der Waals surface area contributed by atoms with E-state index in [1.807, 2.05) is 0 Å². The zero-order valence-corrected chi connectivity index (χ0v) is 10.7. The molecule has 6 nitrogen and oxygen atoms in total. The van der Waals surface area contributed by atoms with Gasteiger partial charge in [0.25, 0.3) is 0 Å². The van der Waals surface area contributed by atoms with Crippen molar-refractivity contribution in [2.75, 3.05) is 18.5 Å². The smallest absolute Gasteiger partial charge is 0.339 e. The molecule has 1 aromatic heterocycles. The molecule has 1 aromatic rings. The van der Waals surface area contributed by atoms with Gasteiger partial charge in [-0.3, -0.25) is 0 Å². The Bertz CT molecular complexity index is 421. The highest BCUT2D eigenvalue weighted by atomic mass is 16.4. The number of carboxylic acids is 1. The van der Waals surface area contributed by atoms with Gasteiger partial charge in [-0.15, -0.1) is 5.10 Å². The van der Waals surface area contributed by atoms with Crippen molar-refractivity contribution in [3.63, 3.8) is 0 Å². The van der Waals surface area contributed by atoms with E-state index in [-0.39, 0.29) is 12.2 Å². The normalized spacial score (nSPS) is 10.4. The number of aliphatic hydroxyl groups is 1. The van der Waals surface area contributed by atoms with Crippen LogP contribution in [-0.2, 0) is 0 Å². The molecular weight excluding hydrogens is 234 g/mol. The molecule has 0 bridgehead atoms. The summed E-state index contributed by atoms with van der Waals surface area (Å²) in [5, 5.41) is 28.6. The highest BCUT2D eigenvalue weighted by Gasteiger charge is 2.17. The van der Waals surface area contributed by atoms with Gasteiger partial charge in [-0.1, -0.05) is 0 Å². The van der Waals surface area contributed by atoms with Gasteiger partial charge in [-0.2, -0.15) is 5.10 Å². The first-order chi connectivity index (χ1) is 8.57. The molecule has 0 aliphatic rings. The van der Waals surface area contributed by atoms with Crippen LogP contribution in [0.3, 0.4) is 0 Å². The van der Waals surface area contributed by atoms with Gasteiger partial charge < -0.3 is 15.5 Å². The van der Waals surface area contributed by atoms with Gasteiger partial charge in [-0.25, -0.2) is 4.79 Å². The minimum Gasteiger partial charge on any atom is -0.478 e. The number of unbranched alkanes of at least 4 members (excludes halogenated alkanes) is 2. The summed E-state index contributed by atoms with van der Waals surface area (Å²) in [5.74, 6) is -0.682. The van der Waals surface area contributed by atoms with Crippen LogP contribution in [0.1, 0.15) is 40.9 Å². The number of carboxylic acid groups (broad SMARTS) is 1. The van der Waals surface area contributed by atoms with Crippen LogP contribution in [0.15, 0.2) is 0 Å². The van der Waals surface area contributed by atoms with Gasteiger partial charge in [0.1, 0.15) is 5.56 Å². The average Bonchev–Trinajstić information content (AvgIpc) is 2.33. The van der Waals surface area contributed by atoms with Crippen molar-refractivity contribution in [1.29, 1.82) is 0 Å². The molecule has 0 aliphatic carbocycles. The minimum atomic E-state index is -0.997. The number of aryl methyl sites for hydroxylation is 1.